The molecule has 0 aliphatic carbocycles. The highest BCUT2D eigenvalue weighted by molar-refractivity contribution is 5.79. The van der Waals surface area contributed by atoms with Crippen molar-refractivity contribution in [2.75, 3.05) is 0 Å². The molecule has 0 spiro atoms. The SMILES string of the molecule is CCCC1=CC=C[N+]=C1. The Kier molecular flexibility index (Phi) is 2.25. The molecule has 0 saturated carbocycles. The highest BCUT2D eigenvalue weighted by atomic mass is 14.7. The molecule has 0 saturated heterocycles. The second kappa shape index (κ2) is 3.23. The summed E-state index contributed by atoms with van der Waals surface area (Å²) in [5.41, 5.74) is 1.33. The van der Waals surface area contributed by atoms with Crippen LogP contribution in [0.4, 0.5) is 0 Å². The molecule has 0 bridgehead atoms. The minimum absolute atomic E-state index is 1.15. The fourth-order valence-corrected chi connectivity index (χ4v) is 0.835. The molecule has 1 radical (unpaired) electrons. The number of nitrogens with zero attached hydrogens (tertiary/aromatic N) is 1. The van der Waals surface area contributed by atoms with Crippen molar-refractivity contribution in [1.29, 1.82) is 0 Å². The van der Waals surface area contributed by atoms with Gasteiger partial charge in [0.15, 0.2) is 0 Å². The second-order valence-electron chi connectivity index (χ2n) is 2.11. The summed E-state index contributed by atoms with van der Waals surface area (Å²) in [6.07, 6.45) is 10.2. The third-order valence-electron chi connectivity index (χ3n) is 1.26. The van der Waals surface area contributed by atoms with Crippen molar-refractivity contribution in [2.24, 2.45) is 0 Å². The van der Waals surface area contributed by atoms with Gasteiger partial charge in [-0.05, 0) is 12.5 Å². The summed E-state index contributed by atoms with van der Waals surface area (Å²) in [7, 11) is 0. The molecule has 9 heavy (non-hydrogen) atoms. The van der Waals surface area contributed by atoms with Crippen LogP contribution in [-0.4, -0.2) is 6.21 Å². The lowest BCUT2D eigenvalue weighted by atomic mass is 10.1. The average Bonchev–Trinajstić information content (AvgIpc) is 1.91. The van der Waals surface area contributed by atoms with Gasteiger partial charge < -0.3 is 0 Å². The molecule has 0 unspecified atom stereocenters. The van der Waals surface area contributed by atoms with Gasteiger partial charge in [0.25, 0.3) is 0 Å². The van der Waals surface area contributed by atoms with Crippen LogP contribution in [0.25, 0.3) is 0 Å². The molecule has 0 aromatic rings. The van der Waals surface area contributed by atoms with Crippen LogP contribution >= 0.6 is 0 Å². The molecule has 1 rings (SSSR count). The zero-order valence-corrected chi connectivity index (χ0v) is 5.67. The van der Waals surface area contributed by atoms with Gasteiger partial charge in [0.05, 0.1) is 4.99 Å². The Morgan fingerprint density at radius 3 is 3.00 bits per heavy atom. The van der Waals surface area contributed by atoms with Gasteiger partial charge in [-0.25, -0.2) is 0 Å². The topological polar surface area (TPSA) is 14.1 Å². The molecular weight excluding hydrogens is 110 g/mol. The smallest absolute Gasteiger partial charge is 0.0651 e. The third kappa shape index (κ3) is 1.84. The Hall–Kier alpha value is -0.850. The monoisotopic (exact) mass is 121 g/mol. The van der Waals surface area contributed by atoms with Gasteiger partial charge in [0, 0.05) is 11.6 Å². The van der Waals surface area contributed by atoms with E-state index in [9.17, 15) is 0 Å². The fourth-order valence-electron chi connectivity index (χ4n) is 0.835. The summed E-state index contributed by atoms with van der Waals surface area (Å²) in [6.45, 7) is 2.17. The van der Waals surface area contributed by atoms with Crippen molar-refractivity contribution in [1.82, 2.24) is 4.99 Å². The highest BCUT2D eigenvalue weighted by Crippen LogP contribution is 2.02. The minimum atomic E-state index is 1.15. The standard InChI is InChI=1S/C8H11N/c1-2-4-8-5-3-6-9-7-8/h3,5-7H,2,4H2,1H3/q+1. The normalized spacial score (nSPS) is 15.9. The van der Waals surface area contributed by atoms with Crippen molar-refractivity contribution < 1.29 is 0 Å². The Labute approximate surface area is 55.8 Å². The summed E-state index contributed by atoms with van der Waals surface area (Å²) < 4.78 is 0. The van der Waals surface area contributed by atoms with Gasteiger partial charge in [0.1, 0.15) is 0 Å². The van der Waals surface area contributed by atoms with E-state index in [4.69, 9.17) is 0 Å². The van der Waals surface area contributed by atoms with E-state index in [2.05, 4.69) is 18.0 Å². The van der Waals surface area contributed by atoms with Crippen LogP contribution in [0, 0.1) is 0 Å². The molecule has 47 valence electrons. The lowest BCUT2D eigenvalue weighted by molar-refractivity contribution is 0.936. The summed E-state index contributed by atoms with van der Waals surface area (Å²) in [5.74, 6) is 0. The Balaban J connectivity index is 2.51. The molecular formula is C8H11N+. The third-order valence-corrected chi connectivity index (χ3v) is 1.26. The van der Waals surface area contributed by atoms with E-state index in [1.165, 1.54) is 12.0 Å². The van der Waals surface area contributed by atoms with E-state index in [0.29, 0.717) is 0 Å². The first-order chi connectivity index (χ1) is 4.43. The molecule has 0 aromatic heterocycles. The van der Waals surface area contributed by atoms with Crippen LogP contribution in [0.1, 0.15) is 19.8 Å². The quantitative estimate of drug-likeness (QED) is 0.527. The molecule has 0 amide bonds. The molecule has 0 fully saturated rings. The van der Waals surface area contributed by atoms with Crippen LogP contribution in [0.3, 0.4) is 0 Å². The van der Waals surface area contributed by atoms with Crippen molar-refractivity contribution >= 4 is 6.21 Å². The summed E-state index contributed by atoms with van der Waals surface area (Å²) in [4.78, 5) is 4.00. The highest BCUT2D eigenvalue weighted by Gasteiger charge is 1.99. The van der Waals surface area contributed by atoms with Gasteiger partial charge >= 0.3 is 0 Å². The molecule has 1 aliphatic rings. The number of rotatable bonds is 2. The minimum Gasteiger partial charge on any atom is -0.0651 e. The van der Waals surface area contributed by atoms with E-state index >= 15 is 0 Å². The first-order valence-electron chi connectivity index (χ1n) is 3.32. The first-order valence-corrected chi connectivity index (χ1v) is 3.32. The maximum atomic E-state index is 4.00. The number of hydrogen-bond acceptors (Lipinski definition) is 1. The van der Waals surface area contributed by atoms with E-state index in [-0.39, 0.29) is 0 Å². The van der Waals surface area contributed by atoms with Crippen LogP contribution in [0.5, 0.6) is 0 Å². The molecule has 1 heteroatoms. The number of allylic oxidation sites excluding steroid dienone is 3. The molecule has 0 atom stereocenters. The number of hydrogen-bond donors (Lipinski definition) is 0. The summed E-state index contributed by atoms with van der Waals surface area (Å²) >= 11 is 0. The van der Waals surface area contributed by atoms with E-state index in [1.807, 2.05) is 12.3 Å². The average molecular weight is 121 g/mol. The fraction of sp³-hybridized carbons (Fsp3) is 0.375. The lowest BCUT2D eigenvalue weighted by Crippen LogP contribution is -1.93. The predicted molar refractivity (Wildman–Crippen MR) is 40.3 cm³/mol. The Morgan fingerprint density at radius 2 is 2.44 bits per heavy atom. The summed E-state index contributed by atoms with van der Waals surface area (Å²) in [6, 6.07) is 0. The van der Waals surface area contributed by atoms with Crippen LogP contribution in [-0.2, 0) is 0 Å². The zero-order valence-electron chi connectivity index (χ0n) is 5.67. The van der Waals surface area contributed by atoms with Crippen molar-refractivity contribution in [3.63, 3.8) is 0 Å². The molecule has 1 heterocycles. The largest absolute Gasteiger partial charge is 0.245 e. The van der Waals surface area contributed by atoms with Crippen molar-refractivity contribution in [2.45, 2.75) is 19.8 Å². The van der Waals surface area contributed by atoms with E-state index in [1.54, 1.807) is 6.20 Å². The Bertz CT molecular complexity index is 163. The molecule has 0 N–H and O–H groups in total. The van der Waals surface area contributed by atoms with Crippen LogP contribution in [0.15, 0.2) is 23.9 Å². The van der Waals surface area contributed by atoms with Crippen molar-refractivity contribution in [3.8, 4) is 0 Å². The van der Waals surface area contributed by atoms with E-state index in [0.717, 1.165) is 6.42 Å². The Morgan fingerprint density at radius 1 is 1.56 bits per heavy atom. The maximum Gasteiger partial charge on any atom is 0.245 e. The molecule has 1 aliphatic heterocycles. The predicted octanol–water partition coefficient (Wildman–Crippen LogP) is 1.65. The van der Waals surface area contributed by atoms with Gasteiger partial charge in [-0.1, -0.05) is 13.3 Å². The lowest BCUT2D eigenvalue weighted by Gasteiger charge is -1.90. The van der Waals surface area contributed by atoms with Crippen LogP contribution < -0.4 is 4.99 Å². The van der Waals surface area contributed by atoms with Gasteiger partial charge in [-0.15, -0.1) is 0 Å². The van der Waals surface area contributed by atoms with E-state index < -0.39 is 0 Å². The zero-order chi connectivity index (χ0) is 6.53. The molecule has 1 nitrogen and oxygen atoms in total. The number of aliphatic imine (C=N–C) groups is 1. The van der Waals surface area contributed by atoms with Crippen molar-refractivity contribution in [3.05, 3.63) is 23.9 Å². The first kappa shape index (κ1) is 6.27. The van der Waals surface area contributed by atoms with Gasteiger partial charge in [0.2, 0.25) is 12.4 Å². The summed E-state index contributed by atoms with van der Waals surface area (Å²) in [5, 5.41) is 0. The van der Waals surface area contributed by atoms with Crippen LogP contribution in [0.2, 0.25) is 0 Å². The second-order valence-corrected chi connectivity index (χ2v) is 2.11. The van der Waals surface area contributed by atoms with Gasteiger partial charge in [-0.2, -0.15) is 0 Å². The van der Waals surface area contributed by atoms with Gasteiger partial charge in [-0.3, -0.25) is 0 Å². The maximum absolute atomic E-state index is 4.00. The molecule has 0 aromatic carbocycles.